The van der Waals surface area contributed by atoms with E-state index in [9.17, 15) is 9.59 Å². The summed E-state index contributed by atoms with van der Waals surface area (Å²) in [4.78, 5) is 23.3. The van der Waals surface area contributed by atoms with Gasteiger partial charge in [0.1, 0.15) is 16.9 Å². The maximum absolute atomic E-state index is 12.1. The first-order valence-electron chi connectivity index (χ1n) is 7.85. The second-order valence-corrected chi connectivity index (χ2v) is 6.10. The van der Waals surface area contributed by atoms with Crippen LogP contribution in [0.1, 0.15) is 24.0 Å². The number of ether oxygens (including phenoxy) is 1. The topological polar surface area (TPSA) is 75.6 Å². The maximum atomic E-state index is 12.1. The summed E-state index contributed by atoms with van der Waals surface area (Å²) in [5.41, 5.74) is 0.663. The molecule has 0 radical (unpaired) electrons. The van der Waals surface area contributed by atoms with Gasteiger partial charge in [-0.25, -0.2) is 0 Å². The van der Waals surface area contributed by atoms with E-state index < -0.39 is 17.3 Å². The first-order valence-corrected chi connectivity index (χ1v) is 7.85. The molecule has 1 saturated carbocycles. The van der Waals surface area contributed by atoms with Gasteiger partial charge in [0, 0.05) is 12.1 Å². The molecule has 5 heteroatoms. The molecule has 1 aliphatic rings. The Hall–Kier alpha value is -2.82. The van der Waals surface area contributed by atoms with Crippen molar-refractivity contribution in [2.24, 2.45) is 5.41 Å². The average Bonchev–Trinajstić information content (AvgIpc) is 3.36. The smallest absolute Gasteiger partial charge is 0.319 e. The number of nitrogens with one attached hydrogen (secondary N) is 1. The molecule has 5 nitrogen and oxygen atoms in total. The van der Waals surface area contributed by atoms with Crippen LogP contribution < -0.4 is 10.1 Å². The fourth-order valence-electron chi connectivity index (χ4n) is 2.56. The SMILES string of the molecule is Cc1cccc(Oc2ccccc2CNC(=O)C2(C(=O)O)CC2)c1. The number of carbonyl (C=O) groups excluding carboxylic acids is 1. The molecular weight excluding hydrogens is 306 g/mol. The number of benzene rings is 2. The fraction of sp³-hybridized carbons (Fsp3) is 0.263. The van der Waals surface area contributed by atoms with Gasteiger partial charge < -0.3 is 15.2 Å². The molecule has 1 fully saturated rings. The van der Waals surface area contributed by atoms with Crippen molar-refractivity contribution in [3.05, 3.63) is 59.7 Å². The van der Waals surface area contributed by atoms with Crippen LogP contribution in [0.3, 0.4) is 0 Å². The van der Waals surface area contributed by atoms with Gasteiger partial charge in [0.15, 0.2) is 0 Å². The third-order valence-electron chi connectivity index (χ3n) is 4.22. The molecule has 24 heavy (non-hydrogen) atoms. The van der Waals surface area contributed by atoms with Crippen LogP contribution in [0.25, 0.3) is 0 Å². The van der Waals surface area contributed by atoms with Gasteiger partial charge in [-0.2, -0.15) is 0 Å². The highest BCUT2D eigenvalue weighted by atomic mass is 16.5. The van der Waals surface area contributed by atoms with Gasteiger partial charge in [-0.05, 0) is 43.5 Å². The summed E-state index contributed by atoms with van der Waals surface area (Å²) in [5.74, 6) is -0.119. The second kappa shape index (κ2) is 6.35. The molecule has 0 unspecified atom stereocenters. The number of aryl methyl sites for hydroxylation is 1. The Kier molecular flexibility index (Phi) is 4.25. The Bertz CT molecular complexity index is 780. The molecule has 2 N–H and O–H groups in total. The minimum atomic E-state index is -1.23. The number of rotatable bonds is 6. The van der Waals surface area contributed by atoms with E-state index in [4.69, 9.17) is 9.84 Å². The predicted molar refractivity (Wildman–Crippen MR) is 88.8 cm³/mol. The van der Waals surface area contributed by atoms with Crippen molar-refractivity contribution in [2.75, 3.05) is 0 Å². The monoisotopic (exact) mass is 325 g/mol. The zero-order valence-corrected chi connectivity index (χ0v) is 13.4. The highest BCUT2D eigenvalue weighted by Gasteiger charge is 2.56. The Morgan fingerprint density at radius 2 is 1.92 bits per heavy atom. The molecular formula is C19H19NO4. The zero-order chi connectivity index (χ0) is 17.2. The van der Waals surface area contributed by atoms with E-state index >= 15 is 0 Å². The zero-order valence-electron chi connectivity index (χ0n) is 13.4. The van der Waals surface area contributed by atoms with Crippen LogP contribution >= 0.6 is 0 Å². The Morgan fingerprint density at radius 1 is 1.17 bits per heavy atom. The summed E-state index contributed by atoms with van der Waals surface area (Å²) >= 11 is 0. The molecule has 1 amide bonds. The van der Waals surface area contributed by atoms with Crippen LogP contribution in [0.15, 0.2) is 48.5 Å². The van der Waals surface area contributed by atoms with E-state index in [1.807, 2.05) is 55.5 Å². The minimum absolute atomic E-state index is 0.232. The molecule has 0 aliphatic heterocycles. The lowest BCUT2D eigenvalue weighted by atomic mass is 10.1. The van der Waals surface area contributed by atoms with Crippen molar-refractivity contribution in [1.29, 1.82) is 0 Å². The summed E-state index contributed by atoms with van der Waals surface area (Å²) in [7, 11) is 0. The number of hydrogen-bond acceptors (Lipinski definition) is 3. The molecule has 2 aromatic carbocycles. The van der Waals surface area contributed by atoms with Gasteiger partial charge in [-0.3, -0.25) is 9.59 Å². The van der Waals surface area contributed by atoms with Crippen LogP contribution in [0.2, 0.25) is 0 Å². The van der Waals surface area contributed by atoms with Gasteiger partial charge in [-0.15, -0.1) is 0 Å². The van der Waals surface area contributed by atoms with Gasteiger partial charge in [0.25, 0.3) is 0 Å². The third kappa shape index (κ3) is 3.25. The molecule has 0 saturated heterocycles. The molecule has 0 heterocycles. The molecule has 3 rings (SSSR count). The van der Waals surface area contributed by atoms with Crippen molar-refractivity contribution in [3.8, 4) is 11.5 Å². The predicted octanol–water partition coefficient (Wildman–Crippen LogP) is 3.27. The van der Waals surface area contributed by atoms with Crippen LogP contribution in [0.4, 0.5) is 0 Å². The highest BCUT2D eigenvalue weighted by molar-refractivity contribution is 6.04. The maximum Gasteiger partial charge on any atom is 0.319 e. The van der Waals surface area contributed by atoms with E-state index in [-0.39, 0.29) is 6.54 Å². The largest absolute Gasteiger partial charge is 0.480 e. The number of hydrogen-bond donors (Lipinski definition) is 2. The molecule has 1 aliphatic carbocycles. The Balaban J connectivity index is 1.71. The third-order valence-corrected chi connectivity index (χ3v) is 4.22. The summed E-state index contributed by atoms with van der Waals surface area (Å²) in [6.45, 7) is 2.22. The highest BCUT2D eigenvalue weighted by Crippen LogP contribution is 2.46. The number of para-hydroxylation sites is 1. The molecule has 0 aromatic heterocycles. The first kappa shape index (κ1) is 16.1. The summed E-state index contributed by atoms with van der Waals surface area (Å²) in [6, 6.07) is 15.1. The quantitative estimate of drug-likeness (QED) is 0.799. The first-order chi connectivity index (χ1) is 11.5. The van der Waals surface area contributed by atoms with Crippen molar-refractivity contribution in [2.45, 2.75) is 26.3 Å². The van der Waals surface area contributed by atoms with E-state index in [1.165, 1.54) is 0 Å². The summed E-state index contributed by atoms with van der Waals surface area (Å²) in [5, 5.41) is 11.9. The van der Waals surface area contributed by atoms with E-state index in [1.54, 1.807) is 0 Å². The molecule has 2 aromatic rings. The number of aliphatic carboxylic acids is 1. The summed E-state index contributed by atoms with van der Waals surface area (Å²) in [6.07, 6.45) is 0.797. The average molecular weight is 325 g/mol. The summed E-state index contributed by atoms with van der Waals surface area (Å²) < 4.78 is 5.90. The van der Waals surface area contributed by atoms with E-state index in [0.29, 0.717) is 18.6 Å². The number of carboxylic acid groups (broad SMARTS) is 1. The normalized spacial score (nSPS) is 14.7. The Labute approximate surface area is 140 Å². The van der Waals surface area contributed by atoms with Crippen molar-refractivity contribution in [3.63, 3.8) is 0 Å². The van der Waals surface area contributed by atoms with Gasteiger partial charge in [0.05, 0.1) is 0 Å². The number of carboxylic acids is 1. The Morgan fingerprint density at radius 3 is 2.58 bits per heavy atom. The van der Waals surface area contributed by atoms with Crippen molar-refractivity contribution in [1.82, 2.24) is 5.32 Å². The molecule has 0 bridgehead atoms. The number of amides is 1. The van der Waals surface area contributed by atoms with Crippen LogP contribution in [0, 0.1) is 12.3 Å². The van der Waals surface area contributed by atoms with Crippen LogP contribution in [-0.2, 0) is 16.1 Å². The minimum Gasteiger partial charge on any atom is -0.480 e. The van der Waals surface area contributed by atoms with Gasteiger partial charge >= 0.3 is 5.97 Å². The fourth-order valence-corrected chi connectivity index (χ4v) is 2.56. The molecule has 0 atom stereocenters. The molecule has 0 spiro atoms. The lowest BCUT2D eigenvalue weighted by molar-refractivity contribution is -0.149. The lowest BCUT2D eigenvalue weighted by Gasteiger charge is -2.14. The van der Waals surface area contributed by atoms with Crippen LogP contribution in [-0.4, -0.2) is 17.0 Å². The van der Waals surface area contributed by atoms with Crippen molar-refractivity contribution >= 4 is 11.9 Å². The van der Waals surface area contributed by atoms with E-state index in [2.05, 4.69) is 5.32 Å². The van der Waals surface area contributed by atoms with Crippen molar-refractivity contribution < 1.29 is 19.4 Å². The van der Waals surface area contributed by atoms with Gasteiger partial charge in [0.2, 0.25) is 5.91 Å². The molecule has 124 valence electrons. The standard InChI is InChI=1S/C19H19NO4/c1-13-5-4-7-15(11-13)24-16-8-3-2-6-14(16)12-20-17(21)19(9-10-19)18(22)23/h2-8,11H,9-10,12H2,1H3,(H,20,21)(H,22,23). The van der Waals surface area contributed by atoms with Crippen LogP contribution in [0.5, 0.6) is 11.5 Å². The lowest BCUT2D eigenvalue weighted by Crippen LogP contribution is -2.36. The van der Waals surface area contributed by atoms with E-state index in [0.717, 1.165) is 16.9 Å². The van der Waals surface area contributed by atoms with Gasteiger partial charge in [-0.1, -0.05) is 30.3 Å². The second-order valence-electron chi connectivity index (χ2n) is 6.10. The number of carbonyl (C=O) groups is 2.